The lowest BCUT2D eigenvalue weighted by molar-refractivity contribution is 0.394. The number of aromatic nitrogens is 1. The van der Waals surface area contributed by atoms with Gasteiger partial charge in [-0.05, 0) is 127 Å². The van der Waals surface area contributed by atoms with Gasteiger partial charge in [-0.3, -0.25) is 0 Å². The number of hydrogen-bond donors (Lipinski definition) is 0. The summed E-state index contributed by atoms with van der Waals surface area (Å²) >= 11 is 0. The fraction of sp³-hybridized carbons (Fsp3) is 0.167. The van der Waals surface area contributed by atoms with E-state index in [0.29, 0.717) is 11.8 Å². The van der Waals surface area contributed by atoms with Gasteiger partial charge in [-0.2, -0.15) is 0 Å². The molecule has 1 fully saturated rings. The van der Waals surface area contributed by atoms with Crippen molar-refractivity contribution in [2.24, 2.45) is 0 Å². The number of fused-ring (bicyclic) bond motifs is 3. The van der Waals surface area contributed by atoms with Gasteiger partial charge in [-0.15, -0.1) is 0 Å². The van der Waals surface area contributed by atoms with Gasteiger partial charge in [0.2, 0.25) is 0 Å². The predicted octanol–water partition coefficient (Wildman–Crippen LogP) is 13.6. The number of allylic oxidation sites excluding steroid dienone is 4. The van der Waals surface area contributed by atoms with Gasteiger partial charge in [0.15, 0.2) is 0 Å². The molecule has 50 heavy (non-hydrogen) atoms. The average Bonchev–Trinajstić information content (AvgIpc) is 3.53. The molecule has 7 aromatic rings. The molecule has 2 atom stereocenters. The fourth-order valence-corrected chi connectivity index (χ4v) is 8.46. The van der Waals surface area contributed by atoms with Crippen LogP contribution in [0.3, 0.4) is 0 Å². The summed E-state index contributed by atoms with van der Waals surface area (Å²) in [6.45, 7) is 0. The van der Waals surface area contributed by atoms with Crippen molar-refractivity contribution >= 4 is 44.6 Å². The van der Waals surface area contributed by atoms with Crippen molar-refractivity contribution in [3.63, 3.8) is 0 Å². The number of rotatable bonds is 7. The molecule has 0 saturated heterocycles. The Morgan fingerprint density at radius 3 is 1.94 bits per heavy atom. The summed E-state index contributed by atoms with van der Waals surface area (Å²) in [6, 6.07) is 56.0. The highest BCUT2D eigenvalue weighted by Gasteiger charge is 2.26. The van der Waals surface area contributed by atoms with Crippen LogP contribution in [0.2, 0.25) is 0 Å². The van der Waals surface area contributed by atoms with E-state index in [4.69, 9.17) is 0 Å². The third kappa shape index (κ3) is 5.75. The molecule has 1 saturated carbocycles. The summed E-state index contributed by atoms with van der Waals surface area (Å²) < 4.78 is 2.47. The van der Waals surface area contributed by atoms with Crippen LogP contribution in [0, 0.1) is 0 Å². The Bertz CT molecular complexity index is 2330. The van der Waals surface area contributed by atoms with Crippen LogP contribution in [0.4, 0.5) is 17.1 Å². The molecule has 9 rings (SSSR count). The second-order valence-corrected chi connectivity index (χ2v) is 14.0. The van der Waals surface area contributed by atoms with E-state index in [9.17, 15) is 0 Å². The SMILES string of the molecule is C1=CC(n2c3ccccc3c3cc([C@@H]4CCCC(c5cccc(N(c6ccccc6)c6ccc(-c7ccccc7)cc6)c5)C4)ccc32)=CCC1. The minimum absolute atomic E-state index is 0.529. The highest BCUT2D eigenvalue weighted by Crippen LogP contribution is 2.45. The highest BCUT2D eigenvalue weighted by atomic mass is 15.1. The smallest absolute Gasteiger partial charge is 0.0541 e. The number of anilines is 3. The minimum Gasteiger partial charge on any atom is -0.310 e. The van der Waals surface area contributed by atoms with Crippen molar-refractivity contribution in [2.75, 3.05) is 4.90 Å². The van der Waals surface area contributed by atoms with E-state index in [0.717, 1.165) is 12.8 Å². The van der Waals surface area contributed by atoms with Crippen molar-refractivity contribution in [1.29, 1.82) is 0 Å². The van der Waals surface area contributed by atoms with Crippen molar-refractivity contribution in [3.8, 4) is 11.1 Å². The number of benzene rings is 6. The summed E-state index contributed by atoms with van der Waals surface area (Å²) in [7, 11) is 0. The molecule has 2 aliphatic carbocycles. The van der Waals surface area contributed by atoms with E-state index in [-0.39, 0.29) is 0 Å². The van der Waals surface area contributed by atoms with Gasteiger partial charge in [0.1, 0.15) is 0 Å². The molecule has 2 heteroatoms. The zero-order valence-electron chi connectivity index (χ0n) is 28.5. The summed E-state index contributed by atoms with van der Waals surface area (Å²) in [5.74, 6) is 1.08. The average molecular weight is 647 g/mol. The first-order chi connectivity index (χ1) is 24.8. The summed E-state index contributed by atoms with van der Waals surface area (Å²) in [6.07, 6.45) is 14.1. The lowest BCUT2D eigenvalue weighted by atomic mass is 9.75. The first-order valence-electron chi connectivity index (χ1n) is 18.3. The maximum atomic E-state index is 2.51. The van der Waals surface area contributed by atoms with Gasteiger partial charge in [-0.25, -0.2) is 0 Å². The zero-order chi connectivity index (χ0) is 33.3. The maximum Gasteiger partial charge on any atom is 0.0541 e. The van der Waals surface area contributed by atoms with Crippen LogP contribution in [0.5, 0.6) is 0 Å². The van der Waals surface area contributed by atoms with E-state index in [1.54, 1.807) is 0 Å². The minimum atomic E-state index is 0.529. The Morgan fingerprint density at radius 2 is 1.16 bits per heavy atom. The molecule has 244 valence electrons. The fourth-order valence-electron chi connectivity index (χ4n) is 8.46. The molecule has 0 amide bonds. The molecule has 0 radical (unpaired) electrons. The second kappa shape index (κ2) is 13.4. The first-order valence-corrected chi connectivity index (χ1v) is 18.3. The summed E-state index contributed by atoms with van der Waals surface area (Å²) in [5.41, 5.74) is 12.9. The Kier molecular flexibility index (Phi) is 8.14. The number of hydrogen-bond acceptors (Lipinski definition) is 1. The topological polar surface area (TPSA) is 8.17 Å². The normalized spacial score (nSPS) is 17.6. The van der Waals surface area contributed by atoms with Crippen LogP contribution in [0.1, 0.15) is 61.5 Å². The molecular formula is C48H42N2. The van der Waals surface area contributed by atoms with Crippen molar-refractivity contribution in [2.45, 2.75) is 50.4 Å². The molecular weight excluding hydrogens is 605 g/mol. The molecule has 0 spiro atoms. The second-order valence-electron chi connectivity index (χ2n) is 14.0. The Balaban J connectivity index is 1.03. The Morgan fingerprint density at radius 1 is 0.500 bits per heavy atom. The Hall–Kier alpha value is -5.60. The Labute approximate surface area is 295 Å². The van der Waals surface area contributed by atoms with Crippen LogP contribution in [0.15, 0.2) is 170 Å². The highest BCUT2D eigenvalue weighted by molar-refractivity contribution is 6.10. The largest absolute Gasteiger partial charge is 0.310 e. The van der Waals surface area contributed by atoms with E-state index < -0.39 is 0 Å². The van der Waals surface area contributed by atoms with Crippen molar-refractivity contribution < 1.29 is 0 Å². The molecule has 1 heterocycles. The monoisotopic (exact) mass is 646 g/mol. The summed E-state index contributed by atoms with van der Waals surface area (Å²) in [5, 5.41) is 2.72. The van der Waals surface area contributed by atoms with E-state index >= 15 is 0 Å². The van der Waals surface area contributed by atoms with Crippen LogP contribution in [0.25, 0.3) is 38.6 Å². The van der Waals surface area contributed by atoms with Gasteiger partial charge in [0.25, 0.3) is 0 Å². The zero-order valence-corrected chi connectivity index (χ0v) is 28.5. The lowest BCUT2D eigenvalue weighted by Gasteiger charge is -2.31. The van der Waals surface area contributed by atoms with E-state index in [1.165, 1.54) is 92.5 Å². The van der Waals surface area contributed by atoms with E-state index in [1.807, 2.05) is 0 Å². The molecule has 2 nitrogen and oxygen atoms in total. The number of para-hydroxylation sites is 2. The van der Waals surface area contributed by atoms with Crippen LogP contribution in [-0.4, -0.2) is 4.57 Å². The summed E-state index contributed by atoms with van der Waals surface area (Å²) in [4.78, 5) is 2.40. The van der Waals surface area contributed by atoms with Crippen LogP contribution < -0.4 is 4.90 Å². The van der Waals surface area contributed by atoms with E-state index in [2.05, 4.69) is 179 Å². The maximum absolute atomic E-state index is 2.51. The molecule has 0 N–H and O–H groups in total. The van der Waals surface area contributed by atoms with Crippen LogP contribution >= 0.6 is 0 Å². The standard InChI is InChI=1S/C48H42N2/c1-4-14-35(15-5-1)36-26-29-43(30-27-36)49(41-19-6-2-7-20-41)44-23-13-18-39(33-44)37-16-12-17-38(32-37)40-28-31-48-46(34-40)45-24-10-11-25-47(45)50(48)42-21-8-3-9-22-42/h1-2,4-8,10-11,13-15,18-31,33-34,37-38H,3,9,12,16-17,32H2/t37?,38-/m1/s1. The molecule has 0 bridgehead atoms. The van der Waals surface area contributed by atoms with Gasteiger partial charge in [0, 0.05) is 33.5 Å². The molecule has 0 aliphatic heterocycles. The van der Waals surface area contributed by atoms with Gasteiger partial charge < -0.3 is 9.47 Å². The van der Waals surface area contributed by atoms with Crippen LogP contribution in [-0.2, 0) is 0 Å². The third-order valence-electron chi connectivity index (χ3n) is 10.9. The van der Waals surface area contributed by atoms with Crippen molar-refractivity contribution in [3.05, 3.63) is 181 Å². The molecule has 1 aromatic heterocycles. The third-order valence-corrected chi connectivity index (χ3v) is 10.9. The molecule has 1 unspecified atom stereocenters. The molecule has 6 aromatic carbocycles. The molecule has 2 aliphatic rings. The quantitative estimate of drug-likeness (QED) is 0.167. The van der Waals surface area contributed by atoms with Gasteiger partial charge >= 0.3 is 0 Å². The first kappa shape index (κ1) is 30.5. The predicted molar refractivity (Wildman–Crippen MR) is 213 cm³/mol. The van der Waals surface area contributed by atoms with Gasteiger partial charge in [-0.1, -0.05) is 116 Å². The van der Waals surface area contributed by atoms with Crippen molar-refractivity contribution in [1.82, 2.24) is 4.57 Å². The lowest BCUT2D eigenvalue weighted by Crippen LogP contribution is -2.14. The number of nitrogens with zero attached hydrogens (tertiary/aromatic N) is 2. The van der Waals surface area contributed by atoms with Gasteiger partial charge in [0.05, 0.1) is 11.0 Å².